The summed E-state index contributed by atoms with van der Waals surface area (Å²) in [5.74, 6) is 0. The van der Waals surface area contributed by atoms with Gasteiger partial charge in [-0.15, -0.1) is 0 Å². The molecule has 0 saturated carbocycles. The van der Waals surface area contributed by atoms with E-state index in [2.05, 4.69) is 40.2 Å². The molecule has 1 nitrogen and oxygen atoms in total. The van der Waals surface area contributed by atoms with E-state index >= 15 is 0 Å². The Morgan fingerprint density at radius 1 is 1.25 bits per heavy atom. The zero-order chi connectivity index (χ0) is 11.4. The largest absolute Gasteiger partial charge is 0.324 e. The molecule has 0 fully saturated rings. The first-order valence-corrected chi connectivity index (χ1v) is 6.74. The van der Waals surface area contributed by atoms with Crippen LogP contribution in [0.15, 0.2) is 40.4 Å². The molecule has 16 heavy (non-hydrogen) atoms. The van der Waals surface area contributed by atoms with E-state index in [-0.39, 0.29) is 6.04 Å². The zero-order valence-electron chi connectivity index (χ0n) is 9.45. The van der Waals surface area contributed by atoms with Gasteiger partial charge in [0, 0.05) is 10.5 Å². The predicted molar refractivity (Wildman–Crippen MR) is 72.4 cm³/mol. The molecule has 86 valence electrons. The molecule has 1 aromatic carbocycles. The van der Waals surface area contributed by atoms with Crippen LogP contribution in [0, 0.1) is 0 Å². The van der Waals surface area contributed by atoms with E-state index in [0.29, 0.717) is 0 Å². The Morgan fingerprint density at radius 2 is 2.06 bits per heavy atom. The smallest absolute Gasteiger partial charge is 0.0294 e. The van der Waals surface area contributed by atoms with Gasteiger partial charge >= 0.3 is 0 Å². The van der Waals surface area contributed by atoms with Crippen molar-refractivity contribution in [3.05, 3.63) is 46.0 Å². The molecular weight excluding hydrogens is 262 g/mol. The van der Waals surface area contributed by atoms with Crippen LogP contribution in [-0.4, -0.2) is 6.04 Å². The first-order valence-electron chi connectivity index (χ1n) is 5.95. The normalized spacial score (nSPS) is 18.0. The third-order valence-corrected chi connectivity index (χ3v) is 3.97. The van der Waals surface area contributed by atoms with Crippen molar-refractivity contribution >= 4 is 15.9 Å². The molecule has 0 aliphatic heterocycles. The SMILES string of the molecule is NC(Cc1ccccc1Br)C1=CCCCC1. The van der Waals surface area contributed by atoms with Gasteiger partial charge in [-0.2, -0.15) is 0 Å². The maximum Gasteiger partial charge on any atom is 0.0294 e. The van der Waals surface area contributed by atoms with Crippen LogP contribution in [0.2, 0.25) is 0 Å². The van der Waals surface area contributed by atoms with Gasteiger partial charge in [0.15, 0.2) is 0 Å². The van der Waals surface area contributed by atoms with E-state index in [4.69, 9.17) is 5.73 Å². The molecule has 1 aliphatic rings. The number of halogens is 1. The number of benzene rings is 1. The molecular formula is C14H18BrN. The number of hydrogen-bond donors (Lipinski definition) is 1. The lowest BCUT2D eigenvalue weighted by molar-refractivity contribution is 0.630. The molecule has 1 unspecified atom stereocenters. The van der Waals surface area contributed by atoms with E-state index < -0.39 is 0 Å². The van der Waals surface area contributed by atoms with Crippen LogP contribution >= 0.6 is 15.9 Å². The molecule has 1 atom stereocenters. The topological polar surface area (TPSA) is 26.0 Å². The fraction of sp³-hybridized carbons (Fsp3) is 0.429. The summed E-state index contributed by atoms with van der Waals surface area (Å²) >= 11 is 3.57. The fourth-order valence-corrected chi connectivity index (χ4v) is 2.68. The van der Waals surface area contributed by atoms with Gasteiger partial charge < -0.3 is 5.73 Å². The fourth-order valence-electron chi connectivity index (χ4n) is 2.23. The molecule has 0 amide bonds. The quantitative estimate of drug-likeness (QED) is 0.837. The van der Waals surface area contributed by atoms with E-state index in [0.717, 1.165) is 6.42 Å². The van der Waals surface area contributed by atoms with Crippen molar-refractivity contribution < 1.29 is 0 Å². The molecule has 1 aliphatic carbocycles. The third kappa shape index (κ3) is 2.96. The Morgan fingerprint density at radius 3 is 2.75 bits per heavy atom. The molecule has 0 heterocycles. The van der Waals surface area contributed by atoms with Crippen molar-refractivity contribution in [3.63, 3.8) is 0 Å². The van der Waals surface area contributed by atoms with Gasteiger partial charge in [0.2, 0.25) is 0 Å². The summed E-state index contributed by atoms with van der Waals surface area (Å²) in [6, 6.07) is 8.53. The van der Waals surface area contributed by atoms with Crippen molar-refractivity contribution in [3.8, 4) is 0 Å². The standard InChI is InChI=1S/C14H18BrN/c15-13-9-5-4-8-12(13)10-14(16)11-6-2-1-3-7-11/h4-6,8-9,14H,1-3,7,10,16H2. The van der Waals surface area contributed by atoms with Gasteiger partial charge in [0.25, 0.3) is 0 Å². The monoisotopic (exact) mass is 279 g/mol. The van der Waals surface area contributed by atoms with Gasteiger partial charge in [-0.3, -0.25) is 0 Å². The molecule has 1 aromatic rings. The second-order valence-electron chi connectivity index (χ2n) is 4.43. The molecule has 0 radical (unpaired) electrons. The van der Waals surface area contributed by atoms with Crippen LogP contribution in [0.25, 0.3) is 0 Å². The Kier molecular flexibility index (Phi) is 4.19. The summed E-state index contributed by atoms with van der Waals surface area (Å²) in [5, 5.41) is 0. The lowest BCUT2D eigenvalue weighted by Gasteiger charge is -2.20. The third-order valence-electron chi connectivity index (χ3n) is 3.20. The number of allylic oxidation sites excluding steroid dienone is 1. The zero-order valence-corrected chi connectivity index (χ0v) is 11.0. The molecule has 0 aromatic heterocycles. The molecule has 0 spiro atoms. The summed E-state index contributed by atoms with van der Waals surface area (Å²) in [6.07, 6.45) is 8.30. The summed E-state index contributed by atoms with van der Waals surface area (Å²) in [7, 11) is 0. The lowest BCUT2D eigenvalue weighted by Crippen LogP contribution is -2.26. The van der Waals surface area contributed by atoms with E-state index in [1.54, 1.807) is 0 Å². The highest BCUT2D eigenvalue weighted by molar-refractivity contribution is 9.10. The first-order chi connectivity index (χ1) is 7.77. The number of hydrogen-bond acceptors (Lipinski definition) is 1. The minimum absolute atomic E-state index is 0.194. The van der Waals surface area contributed by atoms with Crippen molar-refractivity contribution in [1.29, 1.82) is 0 Å². The molecule has 0 bridgehead atoms. The van der Waals surface area contributed by atoms with Crippen LogP contribution in [0.5, 0.6) is 0 Å². The number of nitrogens with two attached hydrogens (primary N) is 1. The van der Waals surface area contributed by atoms with E-state index in [1.807, 2.05) is 6.07 Å². The van der Waals surface area contributed by atoms with Gasteiger partial charge in [-0.25, -0.2) is 0 Å². The average molecular weight is 280 g/mol. The maximum atomic E-state index is 6.26. The average Bonchev–Trinajstić information content (AvgIpc) is 2.33. The maximum absolute atomic E-state index is 6.26. The van der Waals surface area contributed by atoms with Crippen molar-refractivity contribution in [1.82, 2.24) is 0 Å². The summed E-state index contributed by atoms with van der Waals surface area (Å²) < 4.78 is 1.17. The second kappa shape index (κ2) is 5.65. The van der Waals surface area contributed by atoms with Crippen LogP contribution in [0.3, 0.4) is 0 Å². The highest BCUT2D eigenvalue weighted by Gasteiger charge is 2.13. The van der Waals surface area contributed by atoms with Gasteiger partial charge in [-0.05, 0) is 43.7 Å². The highest BCUT2D eigenvalue weighted by atomic mass is 79.9. The highest BCUT2D eigenvalue weighted by Crippen LogP contribution is 2.23. The van der Waals surface area contributed by atoms with Crippen LogP contribution in [-0.2, 0) is 6.42 Å². The number of rotatable bonds is 3. The molecule has 2 N–H and O–H groups in total. The van der Waals surface area contributed by atoms with E-state index in [9.17, 15) is 0 Å². The van der Waals surface area contributed by atoms with Crippen molar-refractivity contribution in [2.24, 2.45) is 5.73 Å². The summed E-state index contributed by atoms with van der Waals surface area (Å²) in [6.45, 7) is 0. The molecule has 2 heteroatoms. The van der Waals surface area contributed by atoms with Crippen LogP contribution in [0.1, 0.15) is 31.2 Å². The minimum Gasteiger partial charge on any atom is -0.324 e. The molecule has 0 saturated heterocycles. The minimum atomic E-state index is 0.194. The molecule has 2 rings (SSSR count). The lowest BCUT2D eigenvalue weighted by atomic mass is 9.91. The van der Waals surface area contributed by atoms with Gasteiger partial charge in [0.1, 0.15) is 0 Å². The van der Waals surface area contributed by atoms with Crippen molar-refractivity contribution in [2.45, 2.75) is 38.1 Å². The summed E-state index contributed by atoms with van der Waals surface area (Å²) in [5.41, 5.74) is 9.01. The van der Waals surface area contributed by atoms with E-state index in [1.165, 1.54) is 41.3 Å². The van der Waals surface area contributed by atoms with Crippen molar-refractivity contribution in [2.75, 3.05) is 0 Å². The van der Waals surface area contributed by atoms with Crippen LogP contribution < -0.4 is 5.73 Å². The Hall–Kier alpha value is -0.600. The van der Waals surface area contributed by atoms with Crippen LogP contribution in [0.4, 0.5) is 0 Å². The Bertz CT molecular complexity index is 384. The second-order valence-corrected chi connectivity index (χ2v) is 5.28. The van der Waals surface area contributed by atoms with Gasteiger partial charge in [-0.1, -0.05) is 45.8 Å². The summed E-state index contributed by atoms with van der Waals surface area (Å²) in [4.78, 5) is 0. The Labute approximate surface area is 106 Å². The Balaban J connectivity index is 2.04. The predicted octanol–water partition coefficient (Wildman–Crippen LogP) is 3.82. The van der Waals surface area contributed by atoms with Gasteiger partial charge in [0.05, 0.1) is 0 Å². The first kappa shape index (κ1) is 11.9.